The molecular weight excluding hydrogens is 328 g/mol. The van der Waals surface area contributed by atoms with Crippen molar-refractivity contribution in [1.82, 2.24) is 29.9 Å². The number of hydrogen-bond donors (Lipinski definition) is 2. The highest BCUT2D eigenvalue weighted by molar-refractivity contribution is 6.21. The molecule has 2 aromatic carbocycles. The molecule has 0 atom stereocenters. The summed E-state index contributed by atoms with van der Waals surface area (Å²) in [7, 11) is 0. The van der Waals surface area contributed by atoms with Gasteiger partial charge >= 0.3 is 5.69 Å². The quantitative estimate of drug-likeness (QED) is 0.327. The molecule has 6 rings (SSSR count). The average Bonchev–Trinajstić information content (AvgIpc) is 3.04. The van der Waals surface area contributed by atoms with E-state index in [1.54, 1.807) is 12.4 Å². The third-order valence-electron chi connectivity index (χ3n) is 4.65. The molecule has 0 aliphatic rings. The maximum absolute atomic E-state index is 11.6. The predicted molar refractivity (Wildman–Crippen MR) is 100 cm³/mol. The smallest absolute Gasteiger partial charge is 0.306 e. The zero-order valence-electron chi connectivity index (χ0n) is 13.3. The first-order valence-electron chi connectivity index (χ1n) is 8.13. The summed E-state index contributed by atoms with van der Waals surface area (Å²) in [6.45, 7) is 0. The number of benzene rings is 2. The van der Waals surface area contributed by atoms with Crippen molar-refractivity contribution in [3.05, 3.63) is 59.3 Å². The van der Waals surface area contributed by atoms with Crippen molar-refractivity contribution in [2.75, 3.05) is 0 Å². The summed E-state index contributed by atoms with van der Waals surface area (Å²) >= 11 is 0. The van der Waals surface area contributed by atoms with Crippen LogP contribution in [0.15, 0.2) is 53.6 Å². The molecule has 0 fully saturated rings. The number of hydrogen-bond acceptors (Lipinski definition) is 5. The third kappa shape index (κ3) is 1.68. The highest BCUT2D eigenvalue weighted by Crippen LogP contribution is 2.32. The molecule has 0 saturated heterocycles. The Morgan fingerprint density at radius 1 is 0.692 bits per heavy atom. The molecule has 0 unspecified atom stereocenters. The van der Waals surface area contributed by atoms with E-state index in [1.165, 1.54) is 0 Å². The second-order valence-corrected chi connectivity index (χ2v) is 6.19. The lowest BCUT2D eigenvalue weighted by Gasteiger charge is -2.08. The molecule has 0 aliphatic carbocycles. The van der Waals surface area contributed by atoms with Crippen LogP contribution in [0.3, 0.4) is 0 Å². The molecule has 4 aromatic heterocycles. The van der Waals surface area contributed by atoms with Gasteiger partial charge in [0.15, 0.2) is 0 Å². The highest BCUT2D eigenvalue weighted by Gasteiger charge is 2.14. The first-order chi connectivity index (χ1) is 12.8. The molecule has 26 heavy (non-hydrogen) atoms. The zero-order chi connectivity index (χ0) is 17.3. The van der Waals surface area contributed by atoms with Crippen molar-refractivity contribution in [1.29, 1.82) is 0 Å². The number of H-pyrrole nitrogens is 2. The Hall–Kier alpha value is -3.87. The molecule has 0 bridgehead atoms. The number of imidazole rings is 1. The molecule has 0 radical (unpaired) electrons. The van der Waals surface area contributed by atoms with Crippen molar-refractivity contribution in [2.45, 2.75) is 0 Å². The standard InChI is InChI=1S/C19H10N6O/c26-19-24-13-7-11-12(8-14(13)25-19)23-18-10-4-2-6-21-16(10)15-9(17(18)22-11)3-1-5-20-15/h1-8H,(H2,24,25,26). The Morgan fingerprint density at radius 3 is 1.69 bits per heavy atom. The van der Waals surface area contributed by atoms with E-state index in [4.69, 9.17) is 9.97 Å². The van der Waals surface area contributed by atoms with E-state index in [0.717, 1.165) is 32.8 Å². The Labute approximate surface area is 144 Å². The van der Waals surface area contributed by atoms with Crippen molar-refractivity contribution in [3.8, 4) is 0 Å². The van der Waals surface area contributed by atoms with E-state index in [9.17, 15) is 4.79 Å². The second kappa shape index (κ2) is 4.60. The normalized spacial score (nSPS) is 12.0. The number of nitrogens with one attached hydrogen (secondary N) is 2. The van der Waals surface area contributed by atoms with Crippen LogP contribution in [0.1, 0.15) is 0 Å². The van der Waals surface area contributed by atoms with Gasteiger partial charge in [0.25, 0.3) is 0 Å². The van der Waals surface area contributed by atoms with Crippen LogP contribution in [0.2, 0.25) is 0 Å². The van der Waals surface area contributed by atoms with E-state index >= 15 is 0 Å². The molecule has 0 aliphatic heterocycles. The number of pyridine rings is 2. The average molecular weight is 338 g/mol. The van der Waals surface area contributed by atoms with Gasteiger partial charge in [-0.25, -0.2) is 14.8 Å². The minimum Gasteiger partial charge on any atom is -0.306 e. The van der Waals surface area contributed by atoms with Crippen molar-refractivity contribution in [2.24, 2.45) is 0 Å². The predicted octanol–water partition coefficient (Wildman–Crippen LogP) is 3.05. The van der Waals surface area contributed by atoms with Crippen molar-refractivity contribution < 1.29 is 0 Å². The molecule has 7 nitrogen and oxygen atoms in total. The fourth-order valence-corrected chi connectivity index (χ4v) is 3.53. The van der Waals surface area contributed by atoms with Gasteiger partial charge in [0.05, 0.1) is 44.1 Å². The number of rotatable bonds is 0. The second-order valence-electron chi connectivity index (χ2n) is 6.19. The minimum absolute atomic E-state index is 0.246. The van der Waals surface area contributed by atoms with Crippen LogP contribution in [0.25, 0.3) is 54.9 Å². The Bertz CT molecular complexity index is 1450. The van der Waals surface area contributed by atoms with Crippen LogP contribution >= 0.6 is 0 Å². The van der Waals surface area contributed by atoms with E-state index < -0.39 is 0 Å². The summed E-state index contributed by atoms with van der Waals surface area (Å²) < 4.78 is 0. The van der Waals surface area contributed by atoms with Crippen LogP contribution in [-0.2, 0) is 0 Å². The monoisotopic (exact) mass is 338 g/mol. The molecule has 6 aromatic rings. The lowest BCUT2D eigenvalue weighted by molar-refractivity contribution is 1.22. The van der Waals surface area contributed by atoms with Gasteiger partial charge in [-0.3, -0.25) is 9.97 Å². The van der Waals surface area contributed by atoms with Crippen LogP contribution < -0.4 is 5.69 Å². The van der Waals surface area contributed by atoms with Gasteiger partial charge in [-0.2, -0.15) is 0 Å². The molecule has 2 N–H and O–H groups in total. The van der Waals surface area contributed by atoms with Gasteiger partial charge in [0, 0.05) is 23.2 Å². The molecule has 0 spiro atoms. The molecule has 4 heterocycles. The number of fused-ring (bicyclic) bond motifs is 8. The molecular formula is C19H10N6O. The highest BCUT2D eigenvalue weighted by atomic mass is 16.1. The summed E-state index contributed by atoms with van der Waals surface area (Å²) in [4.78, 5) is 35.8. The van der Waals surface area contributed by atoms with E-state index in [0.29, 0.717) is 22.1 Å². The zero-order valence-corrected chi connectivity index (χ0v) is 13.3. The molecule has 0 saturated carbocycles. The fraction of sp³-hybridized carbons (Fsp3) is 0. The fourth-order valence-electron chi connectivity index (χ4n) is 3.53. The molecule has 122 valence electrons. The molecule has 0 amide bonds. The summed E-state index contributed by atoms with van der Waals surface area (Å²) in [6, 6.07) is 11.4. The van der Waals surface area contributed by atoms with Gasteiger partial charge in [-0.05, 0) is 36.4 Å². The molecule has 7 heteroatoms. The van der Waals surface area contributed by atoms with Crippen LogP contribution in [-0.4, -0.2) is 29.9 Å². The lowest BCUT2D eigenvalue weighted by atomic mass is 10.1. The maximum Gasteiger partial charge on any atom is 0.323 e. The van der Waals surface area contributed by atoms with Gasteiger partial charge in [-0.1, -0.05) is 0 Å². The Balaban J connectivity index is 1.92. The summed E-state index contributed by atoms with van der Waals surface area (Å²) in [5.74, 6) is 0. The van der Waals surface area contributed by atoms with Gasteiger partial charge in [0.1, 0.15) is 0 Å². The first kappa shape index (κ1) is 13.4. The minimum atomic E-state index is -0.246. The van der Waals surface area contributed by atoms with Crippen LogP contribution in [0.4, 0.5) is 0 Å². The Morgan fingerprint density at radius 2 is 1.19 bits per heavy atom. The number of nitrogens with zero attached hydrogens (tertiary/aromatic N) is 4. The van der Waals surface area contributed by atoms with Crippen molar-refractivity contribution in [3.63, 3.8) is 0 Å². The largest absolute Gasteiger partial charge is 0.323 e. The van der Waals surface area contributed by atoms with E-state index in [2.05, 4.69) is 19.9 Å². The van der Waals surface area contributed by atoms with Gasteiger partial charge in [0.2, 0.25) is 0 Å². The van der Waals surface area contributed by atoms with Gasteiger partial charge in [-0.15, -0.1) is 0 Å². The number of aromatic nitrogens is 6. The SMILES string of the molecule is O=c1[nH]c2cc3nc4c5cccnc5c5ncccc5c4nc3cc2[nH]1. The maximum atomic E-state index is 11.6. The van der Waals surface area contributed by atoms with Crippen molar-refractivity contribution >= 4 is 54.9 Å². The number of aromatic amines is 2. The van der Waals surface area contributed by atoms with E-state index in [-0.39, 0.29) is 5.69 Å². The third-order valence-corrected chi connectivity index (χ3v) is 4.65. The first-order valence-corrected chi connectivity index (χ1v) is 8.13. The van der Waals surface area contributed by atoms with E-state index in [1.807, 2.05) is 36.4 Å². The van der Waals surface area contributed by atoms with Crippen LogP contribution in [0, 0.1) is 0 Å². The summed E-state index contributed by atoms with van der Waals surface area (Å²) in [6.07, 6.45) is 3.51. The lowest BCUT2D eigenvalue weighted by Crippen LogP contribution is -1.99. The van der Waals surface area contributed by atoms with Crippen LogP contribution in [0.5, 0.6) is 0 Å². The topological polar surface area (TPSA) is 100 Å². The summed E-state index contributed by atoms with van der Waals surface area (Å²) in [5.41, 5.74) is 5.77. The van der Waals surface area contributed by atoms with Gasteiger partial charge < -0.3 is 9.97 Å². The summed E-state index contributed by atoms with van der Waals surface area (Å²) in [5, 5.41) is 1.82. The Kier molecular flexibility index (Phi) is 2.38.